The van der Waals surface area contributed by atoms with Crippen LogP contribution in [0.1, 0.15) is 33.6 Å². The van der Waals surface area contributed by atoms with Crippen LogP contribution in [0.4, 0.5) is 10.5 Å². The summed E-state index contributed by atoms with van der Waals surface area (Å²) in [6.07, 6.45) is 3.27. The standard InChI is InChI=1S/C15H22ClN3O2/c1-4-19(11-7-9-21-15(2,3)10-11)14(20)18-12-6-5-8-17-13(12)16/h5-6,8,11H,4,7,9-10H2,1-3H3,(H,18,20)/t11-/m0/s1. The van der Waals surface area contributed by atoms with Crippen molar-refractivity contribution in [2.75, 3.05) is 18.5 Å². The third-order valence-electron chi connectivity index (χ3n) is 3.71. The van der Waals surface area contributed by atoms with E-state index < -0.39 is 0 Å². The molecule has 1 aromatic rings. The van der Waals surface area contributed by atoms with Gasteiger partial charge in [-0.3, -0.25) is 0 Å². The van der Waals surface area contributed by atoms with Crippen molar-refractivity contribution in [2.45, 2.75) is 45.3 Å². The van der Waals surface area contributed by atoms with E-state index in [0.717, 1.165) is 12.8 Å². The zero-order valence-corrected chi connectivity index (χ0v) is 13.5. The number of hydrogen-bond acceptors (Lipinski definition) is 3. The summed E-state index contributed by atoms with van der Waals surface area (Å²) in [5.74, 6) is 0. The van der Waals surface area contributed by atoms with Gasteiger partial charge in [-0.15, -0.1) is 0 Å². The first-order valence-electron chi connectivity index (χ1n) is 7.25. The molecule has 2 amide bonds. The Morgan fingerprint density at radius 3 is 3.00 bits per heavy atom. The van der Waals surface area contributed by atoms with Crippen LogP contribution in [0.2, 0.25) is 5.15 Å². The van der Waals surface area contributed by atoms with Crippen molar-refractivity contribution in [1.29, 1.82) is 0 Å². The van der Waals surface area contributed by atoms with Crippen molar-refractivity contribution in [3.05, 3.63) is 23.5 Å². The number of nitrogens with one attached hydrogen (secondary N) is 1. The van der Waals surface area contributed by atoms with E-state index >= 15 is 0 Å². The SMILES string of the molecule is CCN(C(=O)Nc1cccnc1Cl)[C@H]1CCOC(C)(C)C1. The Morgan fingerprint density at radius 2 is 2.38 bits per heavy atom. The van der Waals surface area contributed by atoms with E-state index in [2.05, 4.69) is 24.1 Å². The average Bonchev–Trinajstić information content (AvgIpc) is 2.41. The normalized spacial score (nSPS) is 20.9. The molecule has 1 atom stereocenters. The van der Waals surface area contributed by atoms with E-state index in [-0.39, 0.29) is 17.7 Å². The topological polar surface area (TPSA) is 54.5 Å². The average molecular weight is 312 g/mol. The highest BCUT2D eigenvalue weighted by atomic mass is 35.5. The maximum absolute atomic E-state index is 12.5. The lowest BCUT2D eigenvalue weighted by atomic mass is 9.93. The van der Waals surface area contributed by atoms with Crippen LogP contribution in [-0.2, 0) is 4.74 Å². The lowest BCUT2D eigenvalue weighted by Gasteiger charge is -2.40. The molecule has 5 nitrogen and oxygen atoms in total. The fourth-order valence-corrected chi connectivity index (χ4v) is 2.87. The van der Waals surface area contributed by atoms with Crippen molar-refractivity contribution in [2.24, 2.45) is 0 Å². The van der Waals surface area contributed by atoms with Gasteiger partial charge < -0.3 is 15.0 Å². The Kier molecular flexibility index (Phi) is 5.06. The van der Waals surface area contributed by atoms with Crippen LogP contribution < -0.4 is 5.32 Å². The summed E-state index contributed by atoms with van der Waals surface area (Å²) in [5, 5.41) is 3.14. The number of urea groups is 1. The summed E-state index contributed by atoms with van der Waals surface area (Å²) >= 11 is 5.98. The Balaban J connectivity index is 2.07. The second-order valence-corrected chi connectivity index (χ2v) is 6.17. The summed E-state index contributed by atoms with van der Waals surface area (Å²) in [6, 6.07) is 3.52. The smallest absolute Gasteiger partial charge is 0.322 e. The fourth-order valence-electron chi connectivity index (χ4n) is 2.70. The molecule has 1 aliphatic heterocycles. The number of hydrogen-bond donors (Lipinski definition) is 1. The molecule has 1 saturated heterocycles. The van der Waals surface area contributed by atoms with Crippen LogP contribution >= 0.6 is 11.6 Å². The first-order valence-corrected chi connectivity index (χ1v) is 7.63. The molecule has 6 heteroatoms. The van der Waals surface area contributed by atoms with Gasteiger partial charge in [0.05, 0.1) is 11.3 Å². The largest absolute Gasteiger partial charge is 0.375 e. The van der Waals surface area contributed by atoms with Gasteiger partial charge in [-0.2, -0.15) is 0 Å². The quantitative estimate of drug-likeness (QED) is 0.869. The molecular weight excluding hydrogens is 290 g/mol. The molecule has 0 saturated carbocycles. The number of rotatable bonds is 3. The van der Waals surface area contributed by atoms with Crippen molar-refractivity contribution in [3.8, 4) is 0 Å². The number of pyridine rings is 1. The van der Waals surface area contributed by atoms with Crippen LogP contribution in [0.25, 0.3) is 0 Å². The number of aromatic nitrogens is 1. The van der Waals surface area contributed by atoms with Gasteiger partial charge in [0.25, 0.3) is 0 Å². The van der Waals surface area contributed by atoms with Gasteiger partial charge in [0.15, 0.2) is 5.15 Å². The summed E-state index contributed by atoms with van der Waals surface area (Å²) in [6.45, 7) is 7.41. The zero-order chi connectivity index (χ0) is 15.5. The van der Waals surface area contributed by atoms with E-state index in [9.17, 15) is 4.79 Å². The van der Waals surface area contributed by atoms with E-state index in [1.54, 1.807) is 18.3 Å². The van der Waals surface area contributed by atoms with Crippen LogP contribution in [-0.4, -0.2) is 40.7 Å². The summed E-state index contributed by atoms with van der Waals surface area (Å²) in [7, 11) is 0. The predicted octanol–water partition coefficient (Wildman–Crippen LogP) is 3.55. The molecule has 21 heavy (non-hydrogen) atoms. The number of carbonyl (C=O) groups is 1. The molecule has 0 unspecified atom stereocenters. The number of amides is 2. The molecule has 0 spiro atoms. The number of ether oxygens (including phenoxy) is 1. The monoisotopic (exact) mass is 311 g/mol. The van der Waals surface area contributed by atoms with Gasteiger partial charge >= 0.3 is 6.03 Å². The van der Waals surface area contributed by atoms with Crippen molar-refractivity contribution in [3.63, 3.8) is 0 Å². The highest BCUT2D eigenvalue weighted by molar-refractivity contribution is 6.32. The molecule has 0 bridgehead atoms. The molecule has 0 radical (unpaired) electrons. The van der Waals surface area contributed by atoms with E-state index in [1.165, 1.54) is 0 Å². The molecule has 0 aromatic carbocycles. The Bertz CT molecular complexity index is 507. The second kappa shape index (κ2) is 6.62. The number of halogens is 1. The minimum Gasteiger partial charge on any atom is -0.375 e. The molecule has 1 aliphatic rings. The maximum Gasteiger partial charge on any atom is 0.322 e. The van der Waals surface area contributed by atoms with Gasteiger partial charge in [-0.05, 0) is 45.7 Å². The first-order chi connectivity index (χ1) is 9.93. The Labute approximate surface area is 130 Å². The summed E-state index contributed by atoms with van der Waals surface area (Å²) in [4.78, 5) is 18.3. The minimum atomic E-state index is -0.192. The molecule has 1 aromatic heterocycles. The highest BCUT2D eigenvalue weighted by Gasteiger charge is 2.33. The highest BCUT2D eigenvalue weighted by Crippen LogP contribution is 2.28. The zero-order valence-electron chi connectivity index (χ0n) is 12.7. The van der Waals surface area contributed by atoms with E-state index in [1.807, 2.05) is 11.8 Å². The Morgan fingerprint density at radius 1 is 1.62 bits per heavy atom. The van der Waals surface area contributed by atoms with Crippen LogP contribution in [0.5, 0.6) is 0 Å². The fraction of sp³-hybridized carbons (Fsp3) is 0.600. The lowest BCUT2D eigenvalue weighted by Crippen LogP contribution is -2.49. The lowest BCUT2D eigenvalue weighted by molar-refractivity contribution is -0.0758. The van der Waals surface area contributed by atoms with Crippen molar-refractivity contribution in [1.82, 2.24) is 9.88 Å². The van der Waals surface area contributed by atoms with Gasteiger partial charge in [-0.1, -0.05) is 11.6 Å². The minimum absolute atomic E-state index is 0.143. The molecule has 2 rings (SSSR count). The van der Waals surface area contributed by atoms with E-state index in [0.29, 0.717) is 24.0 Å². The number of carbonyl (C=O) groups excluding carboxylic acids is 1. The Hall–Kier alpha value is -1.33. The molecule has 2 heterocycles. The van der Waals surface area contributed by atoms with E-state index in [4.69, 9.17) is 16.3 Å². The molecule has 116 valence electrons. The van der Waals surface area contributed by atoms with Gasteiger partial charge in [-0.25, -0.2) is 9.78 Å². The predicted molar refractivity (Wildman–Crippen MR) is 83.7 cm³/mol. The molecular formula is C15H22ClN3O2. The third-order valence-corrected chi connectivity index (χ3v) is 4.02. The first kappa shape index (κ1) is 16.0. The summed E-state index contributed by atoms with van der Waals surface area (Å²) < 4.78 is 5.72. The maximum atomic E-state index is 12.5. The van der Waals surface area contributed by atoms with Gasteiger partial charge in [0, 0.05) is 25.4 Å². The van der Waals surface area contributed by atoms with Gasteiger partial charge in [0.2, 0.25) is 0 Å². The van der Waals surface area contributed by atoms with Crippen LogP contribution in [0.3, 0.4) is 0 Å². The number of anilines is 1. The van der Waals surface area contributed by atoms with Crippen LogP contribution in [0.15, 0.2) is 18.3 Å². The second-order valence-electron chi connectivity index (χ2n) is 5.81. The molecule has 0 aliphatic carbocycles. The third kappa shape index (κ3) is 4.08. The number of nitrogens with zero attached hydrogens (tertiary/aromatic N) is 2. The van der Waals surface area contributed by atoms with Crippen molar-refractivity contribution >= 4 is 23.3 Å². The summed E-state index contributed by atoms with van der Waals surface area (Å²) in [5.41, 5.74) is 0.344. The van der Waals surface area contributed by atoms with Gasteiger partial charge in [0.1, 0.15) is 0 Å². The molecule has 1 fully saturated rings. The van der Waals surface area contributed by atoms with Crippen LogP contribution in [0, 0.1) is 0 Å². The van der Waals surface area contributed by atoms with Crippen molar-refractivity contribution < 1.29 is 9.53 Å². The molecule has 1 N–H and O–H groups in total.